The first kappa shape index (κ1) is 21.1. The zero-order valence-corrected chi connectivity index (χ0v) is 18.9. The van der Waals surface area contributed by atoms with Crippen molar-refractivity contribution in [1.29, 1.82) is 0 Å². The SMILES string of the molecule is Cc1ccccc1-n1c(S[C@H](C)C(=O)[O-])nc2sc3c(c2c1=O)C[C@H](C(C)C)OC3. The van der Waals surface area contributed by atoms with Crippen LogP contribution in [-0.2, 0) is 22.6 Å². The van der Waals surface area contributed by atoms with Crippen molar-refractivity contribution in [1.82, 2.24) is 9.55 Å². The Hall–Kier alpha value is -2.16. The van der Waals surface area contributed by atoms with Gasteiger partial charge in [-0.15, -0.1) is 11.3 Å². The van der Waals surface area contributed by atoms with Gasteiger partial charge in [-0.3, -0.25) is 9.36 Å². The number of carbonyl (C=O) groups excluding carboxylic acids is 1. The summed E-state index contributed by atoms with van der Waals surface area (Å²) in [5.41, 5.74) is 2.47. The third kappa shape index (κ3) is 3.68. The Labute approximate surface area is 182 Å². The van der Waals surface area contributed by atoms with Gasteiger partial charge in [0.25, 0.3) is 5.56 Å². The lowest BCUT2D eigenvalue weighted by molar-refractivity contribution is -0.304. The van der Waals surface area contributed by atoms with E-state index in [0.717, 1.165) is 27.8 Å². The summed E-state index contributed by atoms with van der Waals surface area (Å²) < 4.78 is 7.53. The van der Waals surface area contributed by atoms with Gasteiger partial charge in [0.1, 0.15) is 4.83 Å². The van der Waals surface area contributed by atoms with Crippen LogP contribution in [0.25, 0.3) is 15.9 Å². The number of benzene rings is 1. The molecule has 1 aliphatic heterocycles. The lowest BCUT2D eigenvalue weighted by atomic mass is 9.96. The molecule has 0 fully saturated rings. The molecule has 0 spiro atoms. The Morgan fingerprint density at radius 2 is 2.07 bits per heavy atom. The van der Waals surface area contributed by atoms with Crippen LogP contribution >= 0.6 is 23.1 Å². The normalized spacial score (nSPS) is 17.3. The van der Waals surface area contributed by atoms with E-state index >= 15 is 0 Å². The van der Waals surface area contributed by atoms with Crippen LogP contribution in [0.4, 0.5) is 0 Å². The van der Waals surface area contributed by atoms with Crippen LogP contribution in [0.5, 0.6) is 0 Å². The smallest absolute Gasteiger partial charge is 0.267 e. The largest absolute Gasteiger partial charge is 0.549 e. The summed E-state index contributed by atoms with van der Waals surface area (Å²) in [7, 11) is 0. The molecule has 0 saturated heterocycles. The quantitative estimate of drug-likeness (QED) is 0.445. The van der Waals surface area contributed by atoms with Crippen molar-refractivity contribution in [2.45, 2.75) is 57.2 Å². The molecule has 2 atom stereocenters. The highest BCUT2D eigenvalue weighted by molar-refractivity contribution is 8.00. The van der Waals surface area contributed by atoms with Gasteiger partial charge in [0.2, 0.25) is 0 Å². The number of thioether (sulfide) groups is 1. The second kappa shape index (κ2) is 8.17. The van der Waals surface area contributed by atoms with Crippen molar-refractivity contribution in [3.63, 3.8) is 0 Å². The molecule has 6 nitrogen and oxygen atoms in total. The van der Waals surface area contributed by atoms with E-state index in [9.17, 15) is 14.7 Å². The second-order valence-corrected chi connectivity index (χ2v) is 10.3. The van der Waals surface area contributed by atoms with Gasteiger partial charge in [-0.2, -0.15) is 0 Å². The van der Waals surface area contributed by atoms with E-state index in [1.54, 1.807) is 11.5 Å². The van der Waals surface area contributed by atoms with Crippen molar-refractivity contribution in [3.8, 4) is 5.69 Å². The van der Waals surface area contributed by atoms with E-state index in [1.165, 1.54) is 11.3 Å². The van der Waals surface area contributed by atoms with E-state index < -0.39 is 11.2 Å². The summed E-state index contributed by atoms with van der Waals surface area (Å²) in [6.45, 7) is 8.17. The van der Waals surface area contributed by atoms with Crippen LogP contribution in [0.15, 0.2) is 34.2 Å². The predicted octanol–water partition coefficient (Wildman–Crippen LogP) is 3.08. The summed E-state index contributed by atoms with van der Waals surface area (Å²) in [6.07, 6.45) is 0.744. The molecule has 0 aliphatic carbocycles. The first-order valence-electron chi connectivity index (χ1n) is 9.90. The highest BCUT2D eigenvalue weighted by Crippen LogP contribution is 2.37. The minimum Gasteiger partial charge on any atom is -0.549 e. The number of ether oxygens (including phenoxy) is 1. The summed E-state index contributed by atoms with van der Waals surface area (Å²) in [4.78, 5) is 31.5. The van der Waals surface area contributed by atoms with Crippen molar-refractivity contribution >= 4 is 39.3 Å². The lowest BCUT2D eigenvalue weighted by Gasteiger charge is -2.26. The number of hydrogen-bond acceptors (Lipinski definition) is 7. The predicted molar refractivity (Wildman–Crippen MR) is 117 cm³/mol. The number of aryl methyl sites for hydroxylation is 1. The number of nitrogens with zero attached hydrogens (tertiary/aromatic N) is 2. The van der Waals surface area contributed by atoms with E-state index in [4.69, 9.17) is 9.72 Å². The van der Waals surface area contributed by atoms with E-state index in [0.29, 0.717) is 40.0 Å². The Balaban J connectivity index is 1.97. The number of para-hydroxylation sites is 1. The number of aliphatic carboxylic acids is 1. The number of carbonyl (C=O) groups is 1. The van der Waals surface area contributed by atoms with E-state index in [-0.39, 0.29) is 11.7 Å². The highest BCUT2D eigenvalue weighted by Gasteiger charge is 2.29. The molecule has 158 valence electrons. The number of aromatic nitrogens is 2. The lowest BCUT2D eigenvalue weighted by Crippen LogP contribution is -2.32. The Kier molecular flexibility index (Phi) is 5.74. The molecule has 2 aromatic heterocycles. The molecular weight excluding hydrogens is 420 g/mol. The summed E-state index contributed by atoms with van der Waals surface area (Å²) >= 11 is 2.49. The molecule has 4 rings (SSSR count). The average Bonchev–Trinajstić information content (AvgIpc) is 3.06. The van der Waals surface area contributed by atoms with Gasteiger partial charge in [-0.05, 0) is 37.0 Å². The van der Waals surface area contributed by atoms with Gasteiger partial charge < -0.3 is 14.6 Å². The molecule has 3 heterocycles. The minimum absolute atomic E-state index is 0.0637. The molecule has 0 saturated carbocycles. The van der Waals surface area contributed by atoms with Gasteiger partial charge >= 0.3 is 0 Å². The third-order valence-corrected chi connectivity index (χ3v) is 7.56. The number of rotatable bonds is 5. The van der Waals surface area contributed by atoms with Crippen molar-refractivity contribution in [2.75, 3.05) is 0 Å². The maximum atomic E-state index is 13.8. The van der Waals surface area contributed by atoms with Crippen LogP contribution in [-0.4, -0.2) is 26.9 Å². The molecule has 1 aliphatic rings. The maximum Gasteiger partial charge on any atom is 0.267 e. The monoisotopic (exact) mass is 443 g/mol. The fourth-order valence-electron chi connectivity index (χ4n) is 3.65. The van der Waals surface area contributed by atoms with Crippen molar-refractivity contribution < 1.29 is 14.6 Å². The van der Waals surface area contributed by atoms with Crippen LogP contribution < -0.4 is 10.7 Å². The van der Waals surface area contributed by atoms with Crippen molar-refractivity contribution in [2.24, 2.45) is 5.92 Å². The summed E-state index contributed by atoms with van der Waals surface area (Å²) in [5, 5.41) is 11.5. The summed E-state index contributed by atoms with van der Waals surface area (Å²) in [6, 6.07) is 7.55. The molecule has 0 amide bonds. The van der Waals surface area contributed by atoms with Crippen LogP contribution in [0.2, 0.25) is 0 Å². The van der Waals surface area contributed by atoms with Gasteiger partial charge in [0.15, 0.2) is 5.16 Å². The zero-order chi connectivity index (χ0) is 21.6. The highest BCUT2D eigenvalue weighted by atomic mass is 32.2. The number of hydrogen-bond donors (Lipinski definition) is 0. The van der Waals surface area contributed by atoms with Crippen molar-refractivity contribution in [3.05, 3.63) is 50.6 Å². The topological polar surface area (TPSA) is 84.3 Å². The van der Waals surface area contributed by atoms with E-state index in [1.807, 2.05) is 31.2 Å². The molecule has 0 radical (unpaired) electrons. The molecule has 0 N–H and O–H groups in total. The first-order valence-corrected chi connectivity index (χ1v) is 11.6. The fraction of sp³-hybridized carbons (Fsp3) is 0.409. The maximum absolute atomic E-state index is 13.8. The number of thiophene rings is 1. The fourth-order valence-corrected chi connectivity index (χ4v) is 5.66. The average molecular weight is 444 g/mol. The standard InChI is InChI=1S/C22H24N2O4S2/c1-11(2)16-9-14-17(10-28-16)30-19-18(14)20(25)24(15-8-6-5-7-12(15)3)22(23-19)29-13(4)21(26)27/h5-8,11,13,16H,9-10H2,1-4H3,(H,26,27)/p-1/t13-,16-/m1/s1. The summed E-state index contributed by atoms with van der Waals surface area (Å²) in [5.74, 6) is -0.845. The Bertz CT molecular complexity index is 1180. The van der Waals surface area contributed by atoms with Crippen LogP contribution in [0, 0.1) is 12.8 Å². The van der Waals surface area contributed by atoms with Gasteiger partial charge in [-0.25, -0.2) is 4.98 Å². The number of carboxylic acids is 1. The van der Waals surface area contributed by atoms with Gasteiger partial charge in [-0.1, -0.05) is 43.8 Å². The van der Waals surface area contributed by atoms with Gasteiger partial charge in [0, 0.05) is 16.5 Å². The molecular formula is C22H23N2O4S2-. The number of carboxylic acid groups (broad SMARTS) is 1. The zero-order valence-electron chi connectivity index (χ0n) is 17.3. The molecule has 0 unspecified atom stereocenters. The van der Waals surface area contributed by atoms with Crippen LogP contribution in [0.1, 0.15) is 36.8 Å². The molecule has 8 heteroatoms. The van der Waals surface area contributed by atoms with Gasteiger partial charge in [0.05, 0.1) is 29.8 Å². The Morgan fingerprint density at radius 3 is 2.73 bits per heavy atom. The molecule has 0 bridgehead atoms. The molecule has 1 aromatic carbocycles. The third-order valence-electron chi connectivity index (χ3n) is 5.43. The molecule has 30 heavy (non-hydrogen) atoms. The van der Waals surface area contributed by atoms with E-state index in [2.05, 4.69) is 13.8 Å². The minimum atomic E-state index is -1.19. The first-order chi connectivity index (χ1) is 14.3. The second-order valence-electron chi connectivity index (χ2n) is 7.88. The molecule has 3 aromatic rings. The Morgan fingerprint density at radius 1 is 1.33 bits per heavy atom. The van der Waals surface area contributed by atoms with Crippen LogP contribution in [0.3, 0.4) is 0 Å². The number of fused-ring (bicyclic) bond motifs is 3.